The lowest BCUT2D eigenvalue weighted by atomic mass is 9.92. The monoisotopic (exact) mass is 482 g/mol. The Labute approximate surface area is 172 Å². The van der Waals surface area contributed by atoms with Crippen molar-refractivity contribution in [1.82, 2.24) is 16.0 Å². The molecule has 0 aliphatic heterocycles. The lowest BCUT2D eigenvalue weighted by molar-refractivity contribution is -0.128. The van der Waals surface area contributed by atoms with Gasteiger partial charge in [0.25, 0.3) is 0 Å². The first-order valence-electron chi connectivity index (χ1n) is 8.31. The fraction of sp³-hybridized carbons (Fsp3) is 0.647. The quantitative estimate of drug-likeness (QED) is 0.207. The maximum Gasteiger partial charge on any atom is 0.227 e. The first kappa shape index (κ1) is 24.1. The third-order valence-corrected chi connectivity index (χ3v) is 4.04. The molecule has 0 aliphatic rings. The van der Waals surface area contributed by atoms with E-state index >= 15 is 0 Å². The standard InChI is InChI=1S/C17H30N4O2S.HI/c1-5-18-15(22)17(2,3)13-21-16(20-10-12-24-4)19-9-8-14-7-6-11-23-14;/h6-7,11H,5,8-10,12-13H2,1-4H3,(H,18,22)(H2,19,20,21);1H. The third-order valence-electron chi connectivity index (χ3n) is 3.43. The summed E-state index contributed by atoms with van der Waals surface area (Å²) in [5, 5.41) is 9.46. The minimum absolute atomic E-state index is 0. The second-order valence-electron chi connectivity index (χ2n) is 6.08. The number of rotatable bonds is 10. The molecule has 3 N–H and O–H groups in total. The Hall–Kier alpha value is -0.900. The molecule has 0 atom stereocenters. The number of aliphatic imine (C=N–C) groups is 1. The molecule has 1 aromatic heterocycles. The highest BCUT2D eigenvalue weighted by Gasteiger charge is 2.26. The molecular weight excluding hydrogens is 451 g/mol. The van der Waals surface area contributed by atoms with Gasteiger partial charge in [-0.2, -0.15) is 11.8 Å². The molecule has 6 nitrogen and oxygen atoms in total. The van der Waals surface area contributed by atoms with E-state index in [1.54, 1.807) is 18.0 Å². The molecule has 0 saturated heterocycles. The van der Waals surface area contributed by atoms with E-state index in [4.69, 9.17) is 4.42 Å². The van der Waals surface area contributed by atoms with Crippen molar-refractivity contribution in [2.75, 3.05) is 38.2 Å². The van der Waals surface area contributed by atoms with Crippen molar-refractivity contribution in [1.29, 1.82) is 0 Å². The Morgan fingerprint density at radius 2 is 2.00 bits per heavy atom. The molecular formula is C17H31IN4O2S. The molecule has 1 rings (SSSR count). The summed E-state index contributed by atoms with van der Waals surface area (Å²) in [6.07, 6.45) is 4.53. The number of furan rings is 1. The molecule has 0 spiro atoms. The van der Waals surface area contributed by atoms with E-state index in [0.717, 1.165) is 37.0 Å². The Morgan fingerprint density at radius 3 is 2.60 bits per heavy atom. The minimum atomic E-state index is -0.537. The van der Waals surface area contributed by atoms with Crippen LogP contribution in [0.3, 0.4) is 0 Å². The van der Waals surface area contributed by atoms with Crippen LogP contribution in [-0.2, 0) is 11.2 Å². The van der Waals surface area contributed by atoms with Crippen molar-refractivity contribution in [3.05, 3.63) is 24.2 Å². The zero-order valence-corrected chi connectivity index (χ0v) is 18.7. The van der Waals surface area contributed by atoms with Crippen LogP contribution in [0.15, 0.2) is 27.8 Å². The second-order valence-corrected chi connectivity index (χ2v) is 7.07. The summed E-state index contributed by atoms with van der Waals surface area (Å²) in [5.74, 6) is 2.69. The van der Waals surface area contributed by atoms with Gasteiger partial charge in [-0.15, -0.1) is 24.0 Å². The van der Waals surface area contributed by atoms with Crippen LogP contribution in [0.1, 0.15) is 26.5 Å². The lowest BCUT2D eigenvalue weighted by Crippen LogP contribution is -2.42. The molecule has 0 radical (unpaired) electrons. The molecule has 0 aliphatic carbocycles. The molecule has 0 bridgehead atoms. The number of nitrogens with zero attached hydrogens (tertiary/aromatic N) is 1. The third kappa shape index (κ3) is 9.98. The Kier molecular flexibility index (Phi) is 12.8. The van der Waals surface area contributed by atoms with Crippen LogP contribution in [0.25, 0.3) is 0 Å². The van der Waals surface area contributed by atoms with E-state index < -0.39 is 5.41 Å². The smallest absolute Gasteiger partial charge is 0.227 e. The van der Waals surface area contributed by atoms with Crippen LogP contribution in [-0.4, -0.2) is 50.1 Å². The molecule has 1 amide bonds. The van der Waals surface area contributed by atoms with E-state index in [0.29, 0.717) is 13.1 Å². The van der Waals surface area contributed by atoms with E-state index in [2.05, 4.69) is 27.2 Å². The Bertz CT molecular complexity index is 507. The fourth-order valence-corrected chi connectivity index (χ4v) is 2.26. The van der Waals surface area contributed by atoms with Gasteiger partial charge in [-0.25, -0.2) is 0 Å². The van der Waals surface area contributed by atoms with Gasteiger partial charge in [-0.05, 0) is 39.2 Å². The molecule has 8 heteroatoms. The predicted molar refractivity (Wildman–Crippen MR) is 117 cm³/mol. The molecule has 1 heterocycles. The van der Waals surface area contributed by atoms with Gasteiger partial charge in [-0.1, -0.05) is 0 Å². The fourth-order valence-electron chi connectivity index (χ4n) is 1.95. The van der Waals surface area contributed by atoms with Gasteiger partial charge in [0.05, 0.1) is 18.2 Å². The maximum atomic E-state index is 12.1. The van der Waals surface area contributed by atoms with Crippen molar-refractivity contribution in [2.45, 2.75) is 27.2 Å². The van der Waals surface area contributed by atoms with Crippen LogP contribution in [0, 0.1) is 5.41 Å². The SMILES string of the molecule is CCNC(=O)C(C)(C)CN=C(NCCSC)NCCc1ccco1.I. The van der Waals surface area contributed by atoms with E-state index in [9.17, 15) is 4.79 Å². The van der Waals surface area contributed by atoms with Gasteiger partial charge in [0.1, 0.15) is 5.76 Å². The number of carbonyl (C=O) groups excluding carboxylic acids is 1. The van der Waals surface area contributed by atoms with E-state index in [1.165, 1.54) is 0 Å². The molecule has 1 aromatic rings. The zero-order valence-electron chi connectivity index (χ0n) is 15.6. The number of carbonyl (C=O) groups is 1. The topological polar surface area (TPSA) is 78.7 Å². The highest BCUT2D eigenvalue weighted by Crippen LogP contribution is 2.15. The van der Waals surface area contributed by atoms with Gasteiger partial charge >= 0.3 is 0 Å². The van der Waals surface area contributed by atoms with Gasteiger partial charge in [0, 0.05) is 31.8 Å². The molecule has 0 fully saturated rings. The molecule has 0 unspecified atom stereocenters. The summed E-state index contributed by atoms with van der Waals surface area (Å²) >= 11 is 1.78. The van der Waals surface area contributed by atoms with Crippen LogP contribution >= 0.6 is 35.7 Å². The number of hydrogen-bond donors (Lipinski definition) is 3. The predicted octanol–water partition coefficient (Wildman–Crippen LogP) is 2.50. The summed E-state index contributed by atoms with van der Waals surface area (Å²) in [7, 11) is 0. The Balaban J connectivity index is 0.00000576. The van der Waals surface area contributed by atoms with Crippen molar-refractivity contribution in [3.63, 3.8) is 0 Å². The van der Waals surface area contributed by atoms with Crippen molar-refractivity contribution >= 4 is 47.6 Å². The first-order chi connectivity index (χ1) is 11.5. The van der Waals surface area contributed by atoms with Crippen molar-refractivity contribution in [2.24, 2.45) is 10.4 Å². The van der Waals surface area contributed by atoms with Crippen molar-refractivity contribution in [3.8, 4) is 0 Å². The zero-order chi connectivity index (χ0) is 17.8. The highest BCUT2D eigenvalue weighted by atomic mass is 127. The maximum absolute atomic E-state index is 12.1. The number of nitrogens with one attached hydrogen (secondary N) is 3. The number of halogens is 1. The lowest BCUT2D eigenvalue weighted by Gasteiger charge is -2.22. The highest BCUT2D eigenvalue weighted by molar-refractivity contribution is 14.0. The van der Waals surface area contributed by atoms with Crippen LogP contribution in [0.5, 0.6) is 0 Å². The van der Waals surface area contributed by atoms with Crippen LogP contribution < -0.4 is 16.0 Å². The van der Waals surface area contributed by atoms with E-state index in [1.807, 2.05) is 32.9 Å². The number of hydrogen-bond acceptors (Lipinski definition) is 4. The van der Waals surface area contributed by atoms with E-state index in [-0.39, 0.29) is 29.9 Å². The summed E-state index contributed by atoms with van der Waals surface area (Å²) < 4.78 is 5.33. The minimum Gasteiger partial charge on any atom is -0.469 e. The Morgan fingerprint density at radius 1 is 1.28 bits per heavy atom. The summed E-state index contributed by atoms with van der Waals surface area (Å²) in [6, 6.07) is 3.84. The molecule has 25 heavy (non-hydrogen) atoms. The summed E-state index contributed by atoms with van der Waals surface area (Å²) in [6.45, 7) is 8.34. The normalized spacial score (nSPS) is 11.6. The van der Waals surface area contributed by atoms with Gasteiger partial charge < -0.3 is 20.4 Å². The molecule has 0 saturated carbocycles. The van der Waals surface area contributed by atoms with Crippen LogP contribution in [0.2, 0.25) is 0 Å². The first-order valence-corrected chi connectivity index (χ1v) is 9.70. The average Bonchev–Trinajstić information content (AvgIpc) is 3.06. The van der Waals surface area contributed by atoms with Crippen LogP contribution in [0.4, 0.5) is 0 Å². The van der Waals surface area contributed by atoms with Gasteiger partial charge in [-0.3, -0.25) is 9.79 Å². The molecule has 0 aromatic carbocycles. The van der Waals surface area contributed by atoms with Gasteiger partial charge in [0.2, 0.25) is 5.91 Å². The number of guanidine groups is 1. The molecule has 144 valence electrons. The summed E-state index contributed by atoms with van der Waals surface area (Å²) in [4.78, 5) is 16.7. The van der Waals surface area contributed by atoms with Gasteiger partial charge in [0.15, 0.2) is 5.96 Å². The number of amides is 1. The largest absolute Gasteiger partial charge is 0.469 e. The van der Waals surface area contributed by atoms with Crippen molar-refractivity contribution < 1.29 is 9.21 Å². The average molecular weight is 482 g/mol. The summed E-state index contributed by atoms with van der Waals surface area (Å²) in [5.41, 5.74) is -0.537. The second kappa shape index (κ2) is 13.3. The number of thioether (sulfide) groups is 1.